The monoisotopic (exact) mass is 255 g/mol. The summed E-state index contributed by atoms with van der Waals surface area (Å²) >= 11 is 1.74. The number of hydrogen-bond donors (Lipinski definition) is 0. The average molecular weight is 255 g/mol. The summed E-state index contributed by atoms with van der Waals surface area (Å²) in [5.41, 5.74) is 0. The van der Waals surface area contributed by atoms with Gasteiger partial charge in [0.2, 0.25) is 5.91 Å². The van der Waals surface area contributed by atoms with Crippen LogP contribution < -0.4 is 0 Å². The molecule has 0 radical (unpaired) electrons. The molecule has 0 aromatic rings. The number of carbonyl (C=O) groups excluding carboxylic acids is 2. The first-order valence-electron chi connectivity index (χ1n) is 5.90. The van der Waals surface area contributed by atoms with Gasteiger partial charge in [0, 0.05) is 4.75 Å². The lowest BCUT2D eigenvalue weighted by molar-refractivity contribution is -0.135. The molecule has 1 aliphatic carbocycles. The quantitative estimate of drug-likeness (QED) is 0.721. The van der Waals surface area contributed by atoms with Crippen molar-refractivity contribution in [3.63, 3.8) is 0 Å². The van der Waals surface area contributed by atoms with E-state index in [4.69, 9.17) is 4.74 Å². The summed E-state index contributed by atoms with van der Waals surface area (Å²) in [4.78, 5) is 24.9. The normalized spacial score (nSPS) is 31.9. The Hall–Kier alpha value is -0.970. The van der Waals surface area contributed by atoms with E-state index in [1.165, 1.54) is 4.90 Å². The van der Waals surface area contributed by atoms with E-state index in [-0.39, 0.29) is 16.6 Å². The lowest BCUT2D eigenvalue weighted by atomic mass is 9.72. The first-order chi connectivity index (χ1) is 8.14. The summed E-state index contributed by atoms with van der Waals surface area (Å²) in [6.07, 6.45) is 3.17. The molecule has 2 aliphatic rings. The van der Waals surface area contributed by atoms with Gasteiger partial charge in [-0.25, -0.2) is 9.69 Å². The van der Waals surface area contributed by atoms with Crippen LogP contribution in [0.25, 0.3) is 0 Å². The van der Waals surface area contributed by atoms with Crippen molar-refractivity contribution in [2.24, 2.45) is 5.92 Å². The number of cyclic esters (lactones) is 1. The van der Waals surface area contributed by atoms with Gasteiger partial charge in [0.05, 0.1) is 12.5 Å². The van der Waals surface area contributed by atoms with Gasteiger partial charge < -0.3 is 4.74 Å². The lowest BCUT2D eigenvalue weighted by Gasteiger charge is -2.46. The number of amides is 2. The van der Waals surface area contributed by atoms with Crippen molar-refractivity contribution >= 4 is 23.8 Å². The van der Waals surface area contributed by atoms with Crippen molar-refractivity contribution in [1.29, 1.82) is 0 Å². The van der Waals surface area contributed by atoms with Crippen LogP contribution in [0.3, 0.4) is 0 Å². The number of hydrogen-bond acceptors (Lipinski definition) is 4. The molecule has 0 unspecified atom stereocenters. The number of nitrogens with zero attached hydrogens (tertiary/aromatic N) is 1. The molecule has 0 spiro atoms. The second kappa shape index (κ2) is 4.72. The molecule has 1 heterocycles. The van der Waals surface area contributed by atoms with Crippen molar-refractivity contribution in [2.45, 2.75) is 24.5 Å². The second-order valence-corrected chi connectivity index (χ2v) is 5.91. The molecule has 0 aromatic carbocycles. The van der Waals surface area contributed by atoms with Crippen LogP contribution in [0.1, 0.15) is 19.8 Å². The van der Waals surface area contributed by atoms with Crippen LogP contribution in [-0.4, -0.2) is 40.6 Å². The van der Waals surface area contributed by atoms with Crippen LogP contribution >= 0.6 is 11.8 Å². The summed E-state index contributed by atoms with van der Waals surface area (Å²) < 4.78 is 4.63. The van der Waals surface area contributed by atoms with Gasteiger partial charge in [0.15, 0.2) is 0 Å². The Morgan fingerprint density at radius 2 is 2.53 bits per heavy atom. The van der Waals surface area contributed by atoms with E-state index < -0.39 is 6.09 Å². The van der Waals surface area contributed by atoms with Crippen LogP contribution in [0.5, 0.6) is 0 Å². The van der Waals surface area contributed by atoms with E-state index in [0.29, 0.717) is 13.2 Å². The highest BCUT2D eigenvalue weighted by Gasteiger charge is 2.51. The molecule has 4 nitrogen and oxygen atoms in total. The molecule has 0 N–H and O–H groups in total. The smallest absolute Gasteiger partial charge is 0.416 e. The summed E-state index contributed by atoms with van der Waals surface area (Å²) in [6.45, 7) is 6.62. The van der Waals surface area contributed by atoms with Gasteiger partial charge in [-0.3, -0.25) is 4.79 Å². The van der Waals surface area contributed by atoms with E-state index in [0.717, 1.165) is 18.6 Å². The zero-order valence-electron chi connectivity index (χ0n) is 9.98. The Balaban J connectivity index is 2.09. The van der Waals surface area contributed by atoms with Crippen molar-refractivity contribution in [3.05, 3.63) is 12.7 Å². The van der Waals surface area contributed by atoms with E-state index in [2.05, 4.69) is 13.5 Å². The second-order valence-electron chi connectivity index (χ2n) is 4.29. The molecule has 2 atom stereocenters. The van der Waals surface area contributed by atoms with E-state index in [1.807, 2.05) is 6.08 Å². The molecule has 5 heteroatoms. The van der Waals surface area contributed by atoms with Crippen LogP contribution in [0, 0.1) is 5.92 Å². The lowest BCUT2D eigenvalue weighted by Crippen LogP contribution is -2.52. The van der Waals surface area contributed by atoms with Gasteiger partial charge in [-0.15, -0.1) is 6.58 Å². The number of carbonyl (C=O) groups is 2. The fraction of sp³-hybridized carbons (Fsp3) is 0.667. The number of imide groups is 1. The van der Waals surface area contributed by atoms with Crippen molar-refractivity contribution < 1.29 is 14.3 Å². The van der Waals surface area contributed by atoms with Crippen LogP contribution in [0.2, 0.25) is 0 Å². The maximum Gasteiger partial charge on any atom is 0.416 e. The third-order valence-corrected chi connectivity index (χ3v) is 4.98. The highest BCUT2D eigenvalue weighted by Crippen LogP contribution is 2.50. The topological polar surface area (TPSA) is 46.6 Å². The van der Waals surface area contributed by atoms with Gasteiger partial charge in [0.1, 0.15) is 6.61 Å². The van der Waals surface area contributed by atoms with Gasteiger partial charge >= 0.3 is 6.09 Å². The summed E-state index contributed by atoms with van der Waals surface area (Å²) in [6, 6.07) is 0. The third-order valence-electron chi connectivity index (χ3n) is 3.50. The Morgan fingerprint density at radius 1 is 1.76 bits per heavy atom. The van der Waals surface area contributed by atoms with Gasteiger partial charge in [-0.05, 0) is 18.6 Å². The Labute approximate surface area is 105 Å². The molecule has 0 bridgehead atoms. The molecule has 17 heavy (non-hydrogen) atoms. The van der Waals surface area contributed by atoms with E-state index in [9.17, 15) is 9.59 Å². The highest BCUT2D eigenvalue weighted by molar-refractivity contribution is 8.00. The number of ether oxygens (including phenoxy) is 1. The fourth-order valence-corrected chi connectivity index (χ4v) is 3.77. The van der Waals surface area contributed by atoms with Gasteiger partial charge in [-0.2, -0.15) is 11.8 Å². The van der Waals surface area contributed by atoms with Gasteiger partial charge in [0.25, 0.3) is 0 Å². The predicted molar refractivity (Wildman–Crippen MR) is 66.8 cm³/mol. The zero-order chi connectivity index (χ0) is 12.5. The fourth-order valence-electron chi connectivity index (χ4n) is 2.43. The minimum atomic E-state index is -0.499. The molecular formula is C12H17NO3S. The van der Waals surface area contributed by atoms with E-state index >= 15 is 0 Å². The van der Waals surface area contributed by atoms with Crippen molar-refractivity contribution in [1.82, 2.24) is 4.90 Å². The average Bonchev–Trinajstić information content (AvgIpc) is 2.70. The van der Waals surface area contributed by atoms with Crippen molar-refractivity contribution in [3.8, 4) is 0 Å². The van der Waals surface area contributed by atoms with Gasteiger partial charge in [-0.1, -0.05) is 13.0 Å². The summed E-state index contributed by atoms with van der Waals surface area (Å²) in [5.74, 6) is 0.732. The molecule has 94 valence electrons. The molecular weight excluding hydrogens is 238 g/mol. The Kier molecular flexibility index (Phi) is 3.47. The van der Waals surface area contributed by atoms with Crippen LogP contribution in [0.15, 0.2) is 12.7 Å². The first-order valence-corrected chi connectivity index (χ1v) is 6.89. The third kappa shape index (κ3) is 1.97. The molecule has 2 amide bonds. The molecule has 0 aromatic heterocycles. The molecule has 2 rings (SSSR count). The van der Waals surface area contributed by atoms with Crippen LogP contribution in [-0.2, 0) is 9.53 Å². The number of thioether (sulfide) groups is 1. The zero-order valence-corrected chi connectivity index (χ0v) is 10.8. The standard InChI is InChI=1S/C12H17NO3S/c1-3-12(17-4-2)6-5-9(12)10(14)13-7-8-16-11(13)15/h3,9H,1,4-8H2,2H3/t9-,12+/m1/s1. The maximum absolute atomic E-state index is 12.3. The van der Waals surface area contributed by atoms with Crippen LogP contribution in [0.4, 0.5) is 4.79 Å². The van der Waals surface area contributed by atoms with E-state index in [1.54, 1.807) is 11.8 Å². The first kappa shape index (κ1) is 12.5. The van der Waals surface area contributed by atoms with Crippen molar-refractivity contribution in [2.75, 3.05) is 18.9 Å². The number of rotatable bonds is 4. The Bertz CT molecular complexity index is 358. The molecule has 1 saturated heterocycles. The molecule has 1 saturated carbocycles. The molecule has 2 fully saturated rings. The Morgan fingerprint density at radius 3 is 2.94 bits per heavy atom. The summed E-state index contributed by atoms with van der Waals surface area (Å²) in [7, 11) is 0. The largest absolute Gasteiger partial charge is 0.447 e. The SMILES string of the molecule is C=C[C@]1(SCC)CC[C@@H]1C(=O)N1CCOC1=O. The summed E-state index contributed by atoms with van der Waals surface area (Å²) in [5, 5.41) is 0. The minimum Gasteiger partial charge on any atom is -0.447 e. The highest BCUT2D eigenvalue weighted by atomic mass is 32.2. The molecule has 1 aliphatic heterocycles. The predicted octanol–water partition coefficient (Wildman–Crippen LogP) is 2.05. The minimum absolute atomic E-state index is 0.0976. The maximum atomic E-state index is 12.3.